The minimum Gasteiger partial charge on any atom is -0.497 e. The van der Waals surface area contributed by atoms with E-state index in [-0.39, 0.29) is 17.8 Å². The highest BCUT2D eigenvalue weighted by molar-refractivity contribution is 6.03. The summed E-state index contributed by atoms with van der Waals surface area (Å²) in [6.07, 6.45) is 0. The van der Waals surface area contributed by atoms with Crippen LogP contribution in [0.15, 0.2) is 24.3 Å². The van der Waals surface area contributed by atoms with Crippen LogP contribution in [0.1, 0.15) is 46.0 Å². The Balaban J connectivity index is 1.68. The molecular weight excluding hydrogens is 382 g/mol. The molecule has 1 aliphatic rings. The van der Waals surface area contributed by atoms with Gasteiger partial charge in [-0.1, -0.05) is 6.07 Å². The number of quaternary nitrogens is 1. The number of aromatic amines is 1. The van der Waals surface area contributed by atoms with Gasteiger partial charge in [0.15, 0.2) is 6.04 Å². The van der Waals surface area contributed by atoms with Crippen molar-refractivity contribution in [2.24, 2.45) is 0 Å². The number of methoxy groups -OCH3 is 1. The number of nitrogens with one attached hydrogen (secondary N) is 2. The Morgan fingerprint density at radius 2 is 1.93 bits per heavy atom. The molecule has 0 radical (unpaired) electrons. The third kappa shape index (κ3) is 4.36. The predicted molar refractivity (Wildman–Crippen MR) is 116 cm³/mol. The average Bonchev–Trinajstić information content (AvgIpc) is 3.07. The summed E-state index contributed by atoms with van der Waals surface area (Å²) >= 11 is 0. The standard InChI is InChI=1S/C23H31N3O4/c1-6-30-23(28)20-15(2)21(24-16(20)3)22(27)17(4)25-10-12-26(13-11-25)18-8-7-9-19(14-18)29-5/h7-9,14,17,24H,6,10-13H2,1-5H3/p+1/t17-/m0/s1. The number of esters is 1. The number of benzene rings is 1. The molecule has 1 fully saturated rings. The second-order valence-corrected chi connectivity index (χ2v) is 7.78. The van der Waals surface area contributed by atoms with Crippen LogP contribution in [0.25, 0.3) is 0 Å². The molecule has 3 rings (SSSR count). The van der Waals surface area contributed by atoms with Gasteiger partial charge in [-0.3, -0.25) is 4.79 Å². The summed E-state index contributed by atoms with van der Waals surface area (Å²) < 4.78 is 10.5. The van der Waals surface area contributed by atoms with Crippen LogP contribution in [0.4, 0.5) is 5.69 Å². The molecule has 1 atom stereocenters. The Morgan fingerprint density at radius 3 is 2.57 bits per heavy atom. The van der Waals surface area contributed by atoms with Crippen molar-refractivity contribution in [3.8, 4) is 5.75 Å². The monoisotopic (exact) mass is 414 g/mol. The van der Waals surface area contributed by atoms with Gasteiger partial charge < -0.3 is 24.3 Å². The third-order valence-electron chi connectivity index (χ3n) is 5.99. The molecule has 0 bridgehead atoms. The first-order valence-corrected chi connectivity index (χ1v) is 10.5. The van der Waals surface area contributed by atoms with Gasteiger partial charge in [0.2, 0.25) is 5.78 Å². The van der Waals surface area contributed by atoms with E-state index in [0.717, 1.165) is 37.6 Å². The Morgan fingerprint density at radius 1 is 1.23 bits per heavy atom. The largest absolute Gasteiger partial charge is 0.497 e. The lowest BCUT2D eigenvalue weighted by Gasteiger charge is -2.36. The van der Waals surface area contributed by atoms with Gasteiger partial charge in [0, 0.05) is 17.4 Å². The second kappa shape index (κ2) is 9.34. The molecule has 1 saturated heterocycles. The van der Waals surface area contributed by atoms with Crippen molar-refractivity contribution in [2.45, 2.75) is 33.7 Å². The van der Waals surface area contributed by atoms with E-state index in [1.807, 2.05) is 32.0 Å². The zero-order valence-corrected chi connectivity index (χ0v) is 18.5. The minimum absolute atomic E-state index is 0.0379. The van der Waals surface area contributed by atoms with Crippen LogP contribution in [-0.4, -0.2) is 62.7 Å². The molecule has 0 spiro atoms. The number of ether oxygens (including phenoxy) is 2. The van der Waals surface area contributed by atoms with Crippen LogP contribution in [0.2, 0.25) is 0 Å². The Bertz CT molecular complexity index is 913. The lowest BCUT2D eigenvalue weighted by Crippen LogP contribution is -3.18. The number of piperazine rings is 1. The Hall–Kier alpha value is -2.80. The highest BCUT2D eigenvalue weighted by Gasteiger charge is 2.33. The number of hydrogen-bond acceptors (Lipinski definition) is 5. The van der Waals surface area contributed by atoms with E-state index < -0.39 is 0 Å². The first-order chi connectivity index (χ1) is 14.4. The summed E-state index contributed by atoms with van der Waals surface area (Å²) in [6.45, 7) is 11.2. The normalized spacial score (nSPS) is 15.7. The lowest BCUT2D eigenvalue weighted by atomic mass is 10.0. The highest BCUT2D eigenvalue weighted by atomic mass is 16.5. The number of carbonyl (C=O) groups excluding carboxylic acids is 2. The van der Waals surface area contributed by atoms with Gasteiger partial charge in [-0.25, -0.2) is 4.79 Å². The van der Waals surface area contributed by atoms with E-state index in [9.17, 15) is 9.59 Å². The second-order valence-electron chi connectivity index (χ2n) is 7.78. The molecule has 0 saturated carbocycles. The maximum atomic E-state index is 13.2. The molecule has 30 heavy (non-hydrogen) atoms. The van der Waals surface area contributed by atoms with Gasteiger partial charge >= 0.3 is 5.97 Å². The Kier molecular flexibility index (Phi) is 6.82. The summed E-state index contributed by atoms with van der Waals surface area (Å²) in [5, 5.41) is 0. The zero-order chi connectivity index (χ0) is 21.8. The molecule has 2 N–H and O–H groups in total. The fourth-order valence-corrected chi connectivity index (χ4v) is 4.20. The van der Waals surface area contributed by atoms with E-state index in [1.165, 1.54) is 4.90 Å². The first-order valence-electron chi connectivity index (χ1n) is 10.5. The molecule has 1 aromatic heterocycles. The van der Waals surface area contributed by atoms with E-state index in [0.29, 0.717) is 29.1 Å². The molecule has 2 aromatic rings. The number of ketones is 1. The smallest absolute Gasteiger partial charge is 0.340 e. The Labute approximate surface area is 178 Å². The molecule has 7 heteroatoms. The van der Waals surface area contributed by atoms with E-state index in [1.54, 1.807) is 21.0 Å². The summed E-state index contributed by atoms with van der Waals surface area (Å²) in [6, 6.07) is 7.88. The van der Waals surface area contributed by atoms with Gasteiger partial charge in [-0.15, -0.1) is 0 Å². The van der Waals surface area contributed by atoms with Crippen molar-refractivity contribution in [3.05, 3.63) is 46.8 Å². The average molecular weight is 415 g/mol. The fourth-order valence-electron chi connectivity index (χ4n) is 4.20. The van der Waals surface area contributed by atoms with Crippen LogP contribution in [0, 0.1) is 13.8 Å². The van der Waals surface area contributed by atoms with E-state index in [2.05, 4.69) is 16.0 Å². The van der Waals surface area contributed by atoms with Gasteiger partial charge in [0.05, 0.1) is 51.2 Å². The van der Waals surface area contributed by atoms with E-state index >= 15 is 0 Å². The molecule has 1 aromatic carbocycles. The fraction of sp³-hybridized carbons (Fsp3) is 0.478. The number of rotatable bonds is 7. The van der Waals surface area contributed by atoms with Crippen molar-refractivity contribution in [1.82, 2.24) is 4.98 Å². The molecule has 2 heterocycles. The lowest BCUT2D eigenvalue weighted by molar-refractivity contribution is -0.914. The van der Waals surface area contributed by atoms with Crippen molar-refractivity contribution in [3.63, 3.8) is 0 Å². The summed E-state index contributed by atoms with van der Waals surface area (Å²) in [4.78, 5) is 32.2. The summed E-state index contributed by atoms with van der Waals surface area (Å²) in [5.74, 6) is 0.506. The molecule has 0 amide bonds. The van der Waals surface area contributed by atoms with Crippen LogP contribution >= 0.6 is 0 Å². The van der Waals surface area contributed by atoms with Crippen LogP contribution in [0.3, 0.4) is 0 Å². The molecule has 0 unspecified atom stereocenters. The third-order valence-corrected chi connectivity index (χ3v) is 5.99. The number of aromatic nitrogens is 1. The van der Waals surface area contributed by atoms with Crippen LogP contribution < -0.4 is 14.5 Å². The minimum atomic E-state index is -0.380. The number of Topliss-reactive ketones (excluding diaryl/α,β-unsaturated/α-hetero) is 1. The number of aryl methyl sites for hydroxylation is 1. The molecule has 1 aliphatic heterocycles. The van der Waals surface area contributed by atoms with Crippen LogP contribution in [-0.2, 0) is 4.74 Å². The maximum Gasteiger partial charge on any atom is 0.340 e. The van der Waals surface area contributed by atoms with E-state index in [4.69, 9.17) is 9.47 Å². The summed E-state index contributed by atoms with van der Waals surface area (Å²) in [5.41, 5.74) is 3.50. The molecule has 162 valence electrons. The van der Waals surface area contributed by atoms with Crippen molar-refractivity contribution >= 4 is 17.4 Å². The predicted octanol–water partition coefficient (Wildman–Crippen LogP) is 1.79. The SMILES string of the molecule is CCOC(=O)c1c(C)[nH]c(C(=O)[C@H](C)[NH+]2CCN(c3cccc(OC)c3)CC2)c1C. The van der Waals surface area contributed by atoms with Crippen molar-refractivity contribution < 1.29 is 24.0 Å². The molecule has 0 aliphatic carbocycles. The van der Waals surface area contributed by atoms with Gasteiger partial charge in [0.1, 0.15) is 5.75 Å². The summed E-state index contributed by atoms with van der Waals surface area (Å²) in [7, 11) is 1.67. The first kappa shape index (κ1) is 21.9. The highest BCUT2D eigenvalue weighted by Crippen LogP contribution is 2.22. The number of H-pyrrole nitrogens is 1. The van der Waals surface area contributed by atoms with Gasteiger partial charge in [-0.05, 0) is 45.4 Å². The van der Waals surface area contributed by atoms with Gasteiger partial charge in [-0.2, -0.15) is 0 Å². The van der Waals surface area contributed by atoms with Crippen molar-refractivity contribution in [2.75, 3.05) is 44.8 Å². The molecule has 7 nitrogen and oxygen atoms in total. The maximum absolute atomic E-state index is 13.2. The quantitative estimate of drug-likeness (QED) is 0.534. The number of hydrogen-bond donors (Lipinski definition) is 2. The number of anilines is 1. The molecular formula is C23H32N3O4+. The van der Waals surface area contributed by atoms with Crippen LogP contribution in [0.5, 0.6) is 5.75 Å². The van der Waals surface area contributed by atoms with Gasteiger partial charge in [0.25, 0.3) is 0 Å². The zero-order valence-electron chi connectivity index (χ0n) is 18.5. The topological polar surface area (TPSA) is 76.1 Å². The number of carbonyl (C=O) groups is 2. The van der Waals surface area contributed by atoms with Crippen molar-refractivity contribution in [1.29, 1.82) is 0 Å². The number of nitrogens with zero attached hydrogens (tertiary/aromatic N) is 1.